The molecule has 0 fully saturated rings. The van der Waals surface area contributed by atoms with Crippen molar-refractivity contribution in [3.63, 3.8) is 0 Å². The Labute approximate surface area is 92.4 Å². The molecule has 0 aliphatic rings. The second kappa shape index (κ2) is 5.14. The zero-order valence-electron chi connectivity index (χ0n) is 7.76. The fraction of sp³-hybridized carbons (Fsp3) is 0. The van der Waals surface area contributed by atoms with Gasteiger partial charge in [-0.05, 0) is 29.7 Å². The van der Waals surface area contributed by atoms with E-state index in [4.69, 9.17) is 0 Å². The summed E-state index contributed by atoms with van der Waals surface area (Å²) in [6.45, 7) is 3.17. The van der Waals surface area contributed by atoms with Crippen LogP contribution in [-0.4, -0.2) is 8.42 Å². The summed E-state index contributed by atoms with van der Waals surface area (Å²) >= 11 is 1.20. The van der Waals surface area contributed by atoms with Crippen LogP contribution in [0.2, 0.25) is 0 Å². The standard InChI is InChI=1S/C10H9FO2S2/c1-2-15(12,13)8-7-14-10-5-3-9(11)4-6-10/h2-8H,1H2. The molecule has 0 unspecified atom stereocenters. The predicted molar refractivity (Wildman–Crippen MR) is 60.5 cm³/mol. The van der Waals surface area contributed by atoms with E-state index in [1.807, 2.05) is 0 Å². The van der Waals surface area contributed by atoms with Crippen LogP contribution in [-0.2, 0) is 9.84 Å². The van der Waals surface area contributed by atoms with Gasteiger partial charge in [-0.2, -0.15) is 0 Å². The predicted octanol–water partition coefficient (Wildman–Crippen LogP) is 2.95. The largest absolute Gasteiger partial charge is 0.220 e. The topological polar surface area (TPSA) is 34.1 Å². The summed E-state index contributed by atoms with van der Waals surface area (Å²) in [4.78, 5) is 0.770. The second-order valence-electron chi connectivity index (χ2n) is 2.60. The summed E-state index contributed by atoms with van der Waals surface area (Å²) in [5.74, 6) is -0.318. The molecule has 2 nitrogen and oxygen atoms in total. The molecule has 0 aromatic heterocycles. The zero-order chi connectivity index (χ0) is 11.3. The van der Waals surface area contributed by atoms with Gasteiger partial charge in [-0.3, -0.25) is 0 Å². The van der Waals surface area contributed by atoms with E-state index in [0.29, 0.717) is 0 Å². The highest BCUT2D eigenvalue weighted by Gasteiger charge is 1.97. The van der Waals surface area contributed by atoms with Crippen molar-refractivity contribution >= 4 is 21.6 Å². The van der Waals surface area contributed by atoms with Crippen molar-refractivity contribution in [1.82, 2.24) is 0 Å². The van der Waals surface area contributed by atoms with E-state index in [1.165, 1.54) is 29.3 Å². The maximum absolute atomic E-state index is 12.5. The zero-order valence-corrected chi connectivity index (χ0v) is 9.39. The van der Waals surface area contributed by atoms with Gasteiger partial charge in [-0.1, -0.05) is 18.3 Å². The molecule has 0 bridgehead atoms. The van der Waals surface area contributed by atoms with Crippen LogP contribution in [0.15, 0.2) is 52.0 Å². The fourth-order valence-corrected chi connectivity index (χ4v) is 2.16. The van der Waals surface area contributed by atoms with Gasteiger partial charge in [0, 0.05) is 15.7 Å². The van der Waals surface area contributed by atoms with Crippen molar-refractivity contribution in [2.75, 3.05) is 0 Å². The molecular formula is C10H9FO2S2. The van der Waals surface area contributed by atoms with E-state index in [1.54, 1.807) is 12.1 Å². The molecule has 0 saturated carbocycles. The van der Waals surface area contributed by atoms with Crippen LogP contribution in [0.3, 0.4) is 0 Å². The maximum Gasteiger partial charge on any atom is 0.192 e. The van der Waals surface area contributed by atoms with Crippen molar-refractivity contribution in [3.05, 3.63) is 52.9 Å². The lowest BCUT2D eigenvalue weighted by Gasteiger charge is -1.94. The molecule has 0 N–H and O–H groups in total. The van der Waals surface area contributed by atoms with Crippen LogP contribution in [0.25, 0.3) is 0 Å². The molecule has 80 valence electrons. The molecule has 0 amide bonds. The molecule has 0 aliphatic heterocycles. The summed E-state index contributed by atoms with van der Waals surface area (Å²) in [5, 5.41) is 3.34. The number of halogens is 1. The average Bonchev–Trinajstić information content (AvgIpc) is 2.21. The van der Waals surface area contributed by atoms with E-state index in [9.17, 15) is 12.8 Å². The first-order chi connectivity index (χ1) is 7.03. The van der Waals surface area contributed by atoms with E-state index in [-0.39, 0.29) is 5.82 Å². The van der Waals surface area contributed by atoms with Gasteiger partial charge in [0.15, 0.2) is 9.84 Å². The Morgan fingerprint density at radius 2 is 1.87 bits per heavy atom. The number of rotatable bonds is 4. The monoisotopic (exact) mass is 244 g/mol. The normalized spacial score (nSPS) is 11.8. The molecule has 1 aromatic rings. The molecular weight excluding hydrogens is 235 g/mol. The highest BCUT2D eigenvalue weighted by molar-refractivity contribution is 8.03. The Bertz CT molecular complexity index is 461. The fourth-order valence-electron chi connectivity index (χ4n) is 0.753. The van der Waals surface area contributed by atoms with Gasteiger partial charge in [0.25, 0.3) is 0 Å². The lowest BCUT2D eigenvalue weighted by Crippen LogP contribution is -1.85. The quantitative estimate of drug-likeness (QED) is 0.764. The molecule has 1 aromatic carbocycles. The van der Waals surface area contributed by atoms with Gasteiger partial charge in [0.2, 0.25) is 0 Å². The number of hydrogen-bond donors (Lipinski definition) is 0. The average molecular weight is 244 g/mol. The van der Waals surface area contributed by atoms with Gasteiger partial charge in [0.05, 0.1) is 0 Å². The van der Waals surface area contributed by atoms with E-state index in [2.05, 4.69) is 6.58 Å². The smallest absolute Gasteiger partial charge is 0.192 e. The van der Waals surface area contributed by atoms with E-state index < -0.39 is 9.84 Å². The second-order valence-corrected chi connectivity index (χ2v) is 5.36. The third kappa shape index (κ3) is 4.31. The first-order valence-corrected chi connectivity index (χ1v) is 6.49. The van der Waals surface area contributed by atoms with Gasteiger partial charge in [-0.25, -0.2) is 12.8 Å². The summed E-state index contributed by atoms with van der Waals surface area (Å²) in [5.41, 5.74) is 0. The number of benzene rings is 1. The Balaban J connectivity index is 2.65. The molecule has 0 radical (unpaired) electrons. The van der Waals surface area contributed by atoms with E-state index >= 15 is 0 Å². The van der Waals surface area contributed by atoms with E-state index in [0.717, 1.165) is 15.7 Å². The summed E-state index contributed by atoms with van der Waals surface area (Å²) in [6.07, 6.45) is 0. The minimum Gasteiger partial charge on any atom is -0.220 e. The first-order valence-electron chi connectivity index (χ1n) is 4.00. The van der Waals surface area contributed by atoms with Crippen molar-refractivity contribution in [1.29, 1.82) is 0 Å². The van der Waals surface area contributed by atoms with Crippen LogP contribution in [0.1, 0.15) is 0 Å². The van der Waals surface area contributed by atoms with Crippen LogP contribution in [0, 0.1) is 5.82 Å². The van der Waals surface area contributed by atoms with Gasteiger partial charge >= 0.3 is 0 Å². The highest BCUT2D eigenvalue weighted by Crippen LogP contribution is 2.19. The number of hydrogen-bond acceptors (Lipinski definition) is 3. The lowest BCUT2D eigenvalue weighted by molar-refractivity contribution is 0.612. The molecule has 5 heteroatoms. The Morgan fingerprint density at radius 1 is 1.27 bits per heavy atom. The third-order valence-corrected chi connectivity index (χ3v) is 3.46. The molecule has 0 aliphatic carbocycles. The van der Waals surface area contributed by atoms with Crippen molar-refractivity contribution in [2.45, 2.75) is 4.90 Å². The van der Waals surface area contributed by atoms with Crippen LogP contribution >= 0.6 is 11.8 Å². The summed E-state index contributed by atoms with van der Waals surface area (Å²) in [6, 6.07) is 5.78. The molecule has 1 rings (SSSR count). The lowest BCUT2D eigenvalue weighted by atomic mass is 10.4. The Kier molecular flexibility index (Phi) is 4.11. The van der Waals surface area contributed by atoms with Gasteiger partial charge < -0.3 is 0 Å². The van der Waals surface area contributed by atoms with Gasteiger partial charge in [0.1, 0.15) is 5.82 Å². The van der Waals surface area contributed by atoms with Gasteiger partial charge in [-0.15, -0.1) is 0 Å². The van der Waals surface area contributed by atoms with Crippen LogP contribution in [0.4, 0.5) is 4.39 Å². The summed E-state index contributed by atoms with van der Waals surface area (Å²) < 4.78 is 34.4. The van der Waals surface area contributed by atoms with Crippen molar-refractivity contribution < 1.29 is 12.8 Å². The van der Waals surface area contributed by atoms with Crippen LogP contribution < -0.4 is 0 Å². The number of sulfone groups is 1. The van der Waals surface area contributed by atoms with Crippen LogP contribution in [0.5, 0.6) is 0 Å². The van der Waals surface area contributed by atoms with Crippen molar-refractivity contribution in [3.8, 4) is 0 Å². The Morgan fingerprint density at radius 3 is 2.40 bits per heavy atom. The Hall–Kier alpha value is -1.07. The van der Waals surface area contributed by atoms with Crippen molar-refractivity contribution in [2.24, 2.45) is 0 Å². The SMILES string of the molecule is C=CS(=O)(=O)C=CSc1ccc(F)cc1. The minimum absolute atomic E-state index is 0.318. The molecule has 0 saturated heterocycles. The first kappa shape index (κ1) is 12.0. The minimum atomic E-state index is -3.31. The number of thioether (sulfide) groups is 1. The molecule has 0 heterocycles. The summed E-state index contributed by atoms with van der Waals surface area (Å²) in [7, 11) is -3.31. The molecule has 0 spiro atoms. The maximum atomic E-state index is 12.5. The molecule has 0 atom stereocenters. The highest BCUT2D eigenvalue weighted by atomic mass is 32.2. The third-order valence-electron chi connectivity index (χ3n) is 1.50. The molecule has 15 heavy (non-hydrogen) atoms.